The summed E-state index contributed by atoms with van der Waals surface area (Å²) in [6.07, 6.45) is -2.00. The summed E-state index contributed by atoms with van der Waals surface area (Å²) in [5, 5.41) is 0. The molecule has 0 unspecified atom stereocenters. The van der Waals surface area contributed by atoms with Crippen molar-refractivity contribution < 1.29 is 36.9 Å². The number of likely N-dealkylation sites (N-methyl/N-ethyl adjacent to an activating group) is 1. The molecule has 2 aromatic carbocycles. The fourth-order valence-electron chi connectivity index (χ4n) is 2.66. The van der Waals surface area contributed by atoms with E-state index in [0.717, 1.165) is 0 Å². The van der Waals surface area contributed by atoms with Crippen LogP contribution >= 0.6 is 0 Å². The SMILES string of the molecule is COc1cc(OC)c(OC)cc1/C=C/C(=O)N(C)Cc1ccccc1OC(F)(F)F. The van der Waals surface area contributed by atoms with Crippen LogP contribution in [0.4, 0.5) is 13.2 Å². The maximum Gasteiger partial charge on any atom is 0.573 e. The molecule has 0 bridgehead atoms. The number of methoxy groups -OCH3 is 3. The molecule has 0 saturated carbocycles. The lowest BCUT2D eigenvalue weighted by Gasteiger charge is -2.18. The number of nitrogens with zero attached hydrogens (tertiary/aromatic N) is 1. The highest BCUT2D eigenvalue weighted by Gasteiger charge is 2.32. The van der Waals surface area contributed by atoms with Crippen LogP contribution in [0.3, 0.4) is 0 Å². The first kappa shape index (κ1) is 22.9. The van der Waals surface area contributed by atoms with E-state index in [9.17, 15) is 18.0 Å². The van der Waals surface area contributed by atoms with Gasteiger partial charge in [0.2, 0.25) is 5.91 Å². The molecule has 2 aromatic rings. The predicted molar refractivity (Wildman–Crippen MR) is 105 cm³/mol. The second-order valence-corrected chi connectivity index (χ2v) is 6.13. The molecule has 162 valence electrons. The number of halogens is 3. The minimum absolute atomic E-state index is 0.0709. The molecule has 0 aliphatic rings. The number of carbonyl (C=O) groups is 1. The molecule has 6 nitrogen and oxygen atoms in total. The van der Waals surface area contributed by atoms with Crippen molar-refractivity contribution in [3.8, 4) is 23.0 Å². The number of alkyl halides is 3. The van der Waals surface area contributed by atoms with Gasteiger partial charge in [0.1, 0.15) is 11.5 Å². The lowest BCUT2D eigenvalue weighted by molar-refractivity contribution is -0.275. The van der Waals surface area contributed by atoms with Crippen molar-refractivity contribution in [3.63, 3.8) is 0 Å². The van der Waals surface area contributed by atoms with Gasteiger partial charge in [0.05, 0.1) is 21.3 Å². The molecule has 0 radical (unpaired) electrons. The smallest absolute Gasteiger partial charge is 0.496 e. The maximum atomic E-state index is 12.6. The van der Waals surface area contributed by atoms with Gasteiger partial charge in [-0.05, 0) is 18.2 Å². The summed E-state index contributed by atoms with van der Waals surface area (Å²) in [7, 11) is 5.93. The third-order valence-corrected chi connectivity index (χ3v) is 4.12. The van der Waals surface area contributed by atoms with Gasteiger partial charge in [-0.2, -0.15) is 0 Å². The molecule has 0 aliphatic carbocycles. The molecule has 30 heavy (non-hydrogen) atoms. The average Bonchev–Trinajstić information content (AvgIpc) is 2.71. The summed E-state index contributed by atoms with van der Waals surface area (Å²) >= 11 is 0. The van der Waals surface area contributed by atoms with Crippen molar-refractivity contribution in [2.24, 2.45) is 0 Å². The van der Waals surface area contributed by atoms with Crippen molar-refractivity contribution in [1.29, 1.82) is 0 Å². The van der Waals surface area contributed by atoms with E-state index in [2.05, 4.69) is 4.74 Å². The molecular weight excluding hydrogens is 403 g/mol. The summed E-state index contributed by atoms with van der Waals surface area (Å²) in [4.78, 5) is 13.7. The summed E-state index contributed by atoms with van der Waals surface area (Å²) in [6, 6.07) is 8.93. The molecule has 2 rings (SSSR count). The van der Waals surface area contributed by atoms with Crippen LogP contribution in [0.5, 0.6) is 23.0 Å². The third kappa shape index (κ3) is 6.07. The molecule has 0 spiro atoms. The first-order valence-electron chi connectivity index (χ1n) is 8.75. The van der Waals surface area contributed by atoms with Gasteiger partial charge >= 0.3 is 6.36 Å². The normalized spacial score (nSPS) is 11.3. The Kier molecular flexibility index (Phi) is 7.57. The number of ether oxygens (including phenoxy) is 4. The highest BCUT2D eigenvalue weighted by atomic mass is 19.4. The number of benzene rings is 2. The van der Waals surface area contributed by atoms with Gasteiger partial charge < -0.3 is 23.8 Å². The second kappa shape index (κ2) is 9.91. The van der Waals surface area contributed by atoms with E-state index < -0.39 is 12.3 Å². The van der Waals surface area contributed by atoms with E-state index >= 15 is 0 Å². The van der Waals surface area contributed by atoms with Crippen LogP contribution in [0, 0.1) is 0 Å². The van der Waals surface area contributed by atoms with Gasteiger partial charge in [-0.25, -0.2) is 0 Å². The lowest BCUT2D eigenvalue weighted by atomic mass is 10.1. The number of para-hydroxylation sites is 1. The van der Waals surface area contributed by atoms with Gasteiger partial charge in [-0.3, -0.25) is 4.79 Å². The van der Waals surface area contributed by atoms with E-state index in [1.54, 1.807) is 18.2 Å². The molecule has 0 aliphatic heterocycles. The molecule has 9 heteroatoms. The minimum Gasteiger partial charge on any atom is -0.496 e. The summed E-state index contributed by atoms with van der Waals surface area (Å²) in [6.45, 7) is -0.0709. The molecule has 0 saturated heterocycles. The minimum atomic E-state index is -4.82. The Morgan fingerprint density at radius 2 is 1.57 bits per heavy atom. The maximum absolute atomic E-state index is 12.6. The monoisotopic (exact) mass is 425 g/mol. The Balaban J connectivity index is 2.18. The fraction of sp³-hybridized carbons (Fsp3) is 0.286. The molecule has 1 amide bonds. The highest BCUT2D eigenvalue weighted by Crippen LogP contribution is 2.35. The Morgan fingerprint density at radius 1 is 0.967 bits per heavy atom. The average molecular weight is 425 g/mol. The van der Waals surface area contributed by atoms with Crippen LogP contribution in [0.1, 0.15) is 11.1 Å². The van der Waals surface area contributed by atoms with Crippen molar-refractivity contribution in [2.75, 3.05) is 28.4 Å². The van der Waals surface area contributed by atoms with Gasteiger partial charge in [-0.15, -0.1) is 13.2 Å². The molecule has 0 N–H and O–H groups in total. The predicted octanol–water partition coefficient (Wildman–Crippen LogP) is 4.28. The van der Waals surface area contributed by atoms with Crippen LogP contribution in [0.15, 0.2) is 42.5 Å². The van der Waals surface area contributed by atoms with Crippen molar-refractivity contribution >= 4 is 12.0 Å². The van der Waals surface area contributed by atoms with Crippen LogP contribution in [0.25, 0.3) is 6.08 Å². The van der Waals surface area contributed by atoms with E-state index in [4.69, 9.17) is 14.2 Å². The highest BCUT2D eigenvalue weighted by molar-refractivity contribution is 5.92. The van der Waals surface area contributed by atoms with E-state index in [0.29, 0.717) is 22.8 Å². The lowest BCUT2D eigenvalue weighted by Crippen LogP contribution is -2.25. The number of hydrogen-bond donors (Lipinski definition) is 0. The Bertz CT molecular complexity index is 912. The number of amides is 1. The van der Waals surface area contributed by atoms with Crippen LogP contribution in [-0.2, 0) is 11.3 Å². The Labute approximate surface area is 172 Å². The molecule has 0 heterocycles. The van der Waals surface area contributed by atoms with Gasteiger partial charge in [0, 0.05) is 36.9 Å². The summed E-state index contributed by atoms with van der Waals surface area (Å²) in [5.41, 5.74) is 0.792. The number of hydrogen-bond acceptors (Lipinski definition) is 5. The Hall–Kier alpha value is -3.36. The van der Waals surface area contributed by atoms with Crippen LogP contribution in [-0.4, -0.2) is 45.5 Å². The van der Waals surface area contributed by atoms with Crippen molar-refractivity contribution in [1.82, 2.24) is 4.90 Å². The molecule has 0 atom stereocenters. The van der Waals surface area contributed by atoms with Crippen molar-refractivity contribution in [2.45, 2.75) is 12.9 Å². The first-order chi connectivity index (χ1) is 14.2. The summed E-state index contributed by atoms with van der Waals surface area (Å²) in [5.74, 6) is 0.611. The standard InChI is InChI=1S/C21H22F3NO5/c1-25(13-15-7-5-6-8-16(15)30-21(22,23)24)20(26)10-9-14-11-18(28-3)19(29-4)12-17(14)27-2/h5-12H,13H2,1-4H3/b10-9+. The van der Waals surface area contributed by atoms with Crippen LogP contribution < -0.4 is 18.9 Å². The second-order valence-electron chi connectivity index (χ2n) is 6.13. The zero-order valence-electron chi connectivity index (χ0n) is 16.9. The van der Waals surface area contributed by atoms with Crippen LogP contribution in [0.2, 0.25) is 0 Å². The first-order valence-corrected chi connectivity index (χ1v) is 8.75. The largest absolute Gasteiger partial charge is 0.573 e. The topological polar surface area (TPSA) is 57.2 Å². The molecule has 0 fully saturated rings. The Morgan fingerprint density at radius 3 is 2.17 bits per heavy atom. The molecular formula is C21H22F3NO5. The quantitative estimate of drug-likeness (QED) is 0.591. The van der Waals surface area contributed by atoms with Gasteiger partial charge in [0.15, 0.2) is 11.5 Å². The third-order valence-electron chi connectivity index (χ3n) is 4.12. The van der Waals surface area contributed by atoms with Gasteiger partial charge in [0.25, 0.3) is 0 Å². The molecule has 0 aromatic heterocycles. The fourth-order valence-corrected chi connectivity index (χ4v) is 2.66. The zero-order chi connectivity index (χ0) is 22.3. The number of rotatable bonds is 8. The van der Waals surface area contributed by atoms with Gasteiger partial charge in [-0.1, -0.05) is 18.2 Å². The van der Waals surface area contributed by atoms with E-state index in [1.807, 2.05) is 0 Å². The van der Waals surface area contributed by atoms with E-state index in [-0.39, 0.29) is 17.9 Å². The number of carbonyl (C=O) groups excluding carboxylic acids is 1. The van der Waals surface area contributed by atoms with Crippen molar-refractivity contribution in [3.05, 3.63) is 53.6 Å². The zero-order valence-corrected chi connectivity index (χ0v) is 16.9. The summed E-state index contributed by atoms with van der Waals surface area (Å²) < 4.78 is 57.5. The van der Waals surface area contributed by atoms with E-state index in [1.165, 1.54) is 63.6 Å².